The number of hydrogen-bond donors (Lipinski definition) is 2. The third-order valence-electron chi connectivity index (χ3n) is 6.37. The zero-order valence-corrected chi connectivity index (χ0v) is 20.0. The van der Waals surface area contributed by atoms with E-state index >= 15 is 0 Å². The SMILES string of the molecule is [B]C([B])(O)n1ncc(-c2ccc3c(c2)CN(C2CCC(=O)NC2=O)C3=O)c1-c1ccc(OC)cc1Cl. The normalized spacial score (nSPS) is 17.8. The van der Waals surface area contributed by atoms with E-state index in [1.807, 2.05) is 6.07 Å². The maximum absolute atomic E-state index is 13.0. The largest absolute Gasteiger partial charge is 0.497 e. The molecule has 4 radical (unpaired) electrons. The lowest BCUT2D eigenvalue weighted by molar-refractivity contribution is -0.136. The molecule has 1 saturated heterocycles. The van der Waals surface area contributed by atoms with Crippen molar-refractivity contribution < 1.29 is 24.2 Å². The van der Waals surface area contributed by atoms with Gasteiger partial charge in [-0.05, 0) is 47.9 Å². The van der Waals surface area contributed by atoms with E-state index in [0.29, 0.717) is 44.3 Å². The summed E-state index contributed by atoms with van der Waals surface area (Å²) in [5.74, 6) is -0.560. The second-order valence-corrected chi connectivity index (χ2v) is 9.13. The molecule has 1 atom stereocenters. The van der Waals surface area contributed by atoms with Crippen LogP contribution in [-0.2, 0) is 21.7 Å². The molecule has 0 bridgehead atoms. The Kier molecular flexibility index (Phi) is 5.92. The molecule has 3 heterocycles. The maximum atomic E-state index is 13.0. The van der Waals surface area contributed by atoms with Crippen LogP contribution in [0, 0.1) is 0 Å². The van der Waals surface area contributed by atoms with E-state index in [4.69, 9.17) is 32.0 Å². The minimum Gasteiger partial charge on any atom is -0.497 e. The molecule has 2 aromatic carbocycles. The first kappa shape index (κ1) is 24.1. The molecule has 3 amide bonds. The predicted molar refractivity (Wildman–Crippen MR) is 132 cm³/mol. The maximum Gasteiger partial charge on any atom is 0.255 e. The number of benzene rings is 2. The second kappa shape index (κ2) is 8.83. The van der Waals surface area contributed by atoms with E-state index in [1.54, 1.807) is 30.3 Å². The molecule has 12 heteroatoms. The van der Waals surface area contributed by atoms with Crippen molar-refractivity contribution in [1.29, 1.82) is 0 Å². The molecule has 2 N–H and O–H groups in total. The van der Waals surface area contributed by atoms with Crippen LogP contribution in [0.3, 0.4) is 0 Å². The number of carbonyl (C=O) groups is 3. The van der Waals surface area contributed by atoms with E-state index in [-0.39, 0.29) is 31.2 Å². The number of ether oxygens (including phenoxy) is 1. The first-order valence-corrected chi connectivity index (χ1v) is 11.5. The molecular weight excluding hydrogens is 481 g/mol. The highest BCUT2D eigenvalue weighted by Crippen LogP contribution is 2.40. The zero-order chi connectivity index (χ0) is 25.8. The van der Waals surface area contributed by atoms with E-state index in [9.17, 15) is 19.5 Å². The Hall–Kier alpha value is -3.56. The fourth-order valence-electron chi connectivity index (χ4n) is 4.65. The van der Waals surface area contributed by atoms with Gasteiger partial charge >= 0.3 is 0 Å². The number of imide groups is 1. The second-order valence-electron chi connectivity index (χ2n) is 8.72. The van der Waals surface area contributed by atoms with Crippen LogP contribution in [-0.4, -0.2) is 66.4 Å². The van der Waals surface area contributed by atoms with Gasteiger partial charge in [-0.25, -0.2) is 0 Å². The van der Waals surface area contributed by atoms with Gasteiger partial charge in [0, 0.05) is 29.7 Å². The number of carbonyl (C=O) groups excluding carboxylic acids is 3. The number of aromatic nitrogens is 2. The first-order chi connectivity index (χ1) is 17.1. The summed E-state index contributed by atoms with van der Waals surface area (Å²) >= 11 is 6.53. The predicted octanol–water partition coefficient (Wildman–Crippen LogP) is 1.54. The van der Waals surface area contributed by atoms with Crippen LogP contribution in [0.4, 0.5) is 0 Å². The van der Waals surface area contributed by atoms with Gasteiger partial charge in [0.1, 0.15) is 27.5 Å². The highest BCUT2D eigenvalue weighted by atomic mass is 35.5. The summed E-state index contributed by atoms with van der Waals surface area (Å²) in [4.78, 5) is 38.4. The minimum atomic E-state index is -2.31. The summed E-state index contributed by atoms with van der Waals surface area (Å²) in [7, 11) is 13.1. The van der Waals surface area contributed by atoms with Crippen molar-refractivity contribution in [2.24, 2.45) is 0 Å². The van der Waals surface area contributed by atoms with Crippen LogP contribution in [0.1, 0.15) is 28.8 Å². The molecule has 1 fully saturated rings. The monoisotopic (exact) mass is 500 g/mol. The number of piperidine rings is 1. The molecule has 0 spiro atoms. The summed E-state index contributed by atoms with van der Waals surface area (Å²) in [6.45, 7) is 0.207. The molecule has 1 unspecified atom stereocenters. The number of aliphatic hydroxyl groups is 1. The zero-order valence-electron chi connectivity index (χ0n) is 19.2. The lowest BCUT2D eigenvalue weighted by Crippen LogP contribution is -2.52. The molecule has 0 saturated carbocycles. The van der Waals surface area contributed by atoms with Crippen LogP contribution in [0.25, 0.3) is 22.4 Å². The number of nitrogens with zero attached hydrogens (tertiary/aromatic N) is 3. The number of rotatable bonds is 5. The van der Waals surface area contributed by atoms with Crippen molar-refractivity contribution in [3.05, 3.63) is 58.7 Å². The smallest absolute Gasteiger partial charge is 0.255 e. The fraction of sp³-hybridized carbons (Fsp3) is 0.250. The molecule has 0 aliphatic carbocycles. The van der Waals surface area contributed by atoms with Gasteiger partial charge in [0.05, 0.1) is 29.5 Å². The van der Waals surface area contributed by atoms with Crippen LogP contribution in [0.5, 0.6) is 5.75 Å². The molecule has 3 aromatic rings. The average molecular weight is 501 g/mol. The lowest BCUT2D eigenvalue weighted by Gasteiger charge is -2.29. The Morgan fingerprint density at radius 3 is 2.56 bits per heavy atom. The van der Waals surface area contributed by atoms with Gasteiger partial charge in [-0.2, -0.15) is 5.10 Å². The Morgan fingerprint density at radius 1 is 1.14 bits per heavy atom. The number of halogens is 1. The standard InChI is InChI=1S/C24H19B2ClN4O5/c1-36-14-3-5-16(18(27)9-14)21-17(10-28-31(21)24(25,26)35)12-2-4-15-13(8-12)11-30(23(15)34)19-6-7-20(32)29-22(19)33/h2-5,8-10,19,35H,6-7,11H2,1H3,(H,29,32,33). The van der Waals surface area contributed by atoms with Crippen molar-refractivity contribution in [3.8, 4) is 28.1 Å². The highest BCUT2D eigenvalue weighted by Gasteiger charge is 2.39. The Labute approximate surface area is 214 Å². The number of fused-ring (bicyclic) bond motifs is 1. The van der Waals surface area contributed by atoms with Crippen molar-refractivity contribution in [2.45, 2.75) is 31.0 Å². The number of methoxy groups -OCH3 is 1. The molecule has 2 aliphatic heterocycles. The van der Waals surface area contributed by atoms with Gasteiger partial charge in [0.15, 0.2) is 0 Å². The van der Waals surface area contributed by atoms with Crippen molar-refractivity contribution in [3.63, 3.8) is 0 Å². The lowest BCUT2D eigenvalue weighted by atomic mass is 9.73. The fourth-order valence-corrected chi connectivity index (χ4v) is 4.91. The minimum absolute atomic E-state index is 0.175. The third kappa shape index (κ3) is 4.08. The Bertz CT molecular complexity index is 1420. The van der Waals surface area contributed by atoms with E-state index < -0.39 is 17.5 Å². The highest BCUT2D eigenvalue weighted by molar-refractivity contribution is 6.36. The molecular formula is C24H19B2ClN4O5. The van der Waals surface area contributed by atoms with Crippen LogP contribution in [0.15, 0.2) is 42.6 Å². The van der Waals surface area contributed by atoms with E-state index in [0.717, 1.165) is 4.68 Å². The molecule has 9 nitrogen and oxygen atoms in total. The molecule has 5 rings (SSSR count). The Balaban J connectivity index is 1.56. The molecule has 1 aromatic heterocycles. The topological polar surface area (TPSA) is 114 Å². The molecule has 36 heavy (non-hydrogen) atoms. The quantitative estimate of drug-likeness (QED) is 0.406. The van der Waals surface area contributed by atoms with Crippen molar-refractivity contribution in [1.82, 2.24) is 20.0 Å². The van der Waals surface area contributed by atoms with Gasteiger partial charge < -0.3 is 14.7 Å². The number of nitrogens with one attached hydrogen (secondary N) is 1. The number of amides is 3. The van der Waals surface area contributed by atoms with Gasteiger partial charge in [-0.3, -0.25) is 24.4 Å². The summed E-state index contributed by atoms with van der Waals surface area (Å²) in [6, 6.07) is 9.52. The van der Waals surface area contributed by atoms with Crippen molar-refractivity contribution in [2.75, 3.05) is 7.11 Å². The van der Waals surface area contributed by atoms with Gasteiger partial charge in [-0.15, -0.1) is 0 Å². The average Bonchev–Trinajstić information content (AvgIpc) is 3.40. The van der Waals surface area contributed by atoms with E-state index in [2.05, 4.69) is 10.4 Å². The Morgan fingerprint density at radius 2 is 1.89 bits per heavy atom. The summed E-state index contributed by atoms with van der Waals surface area (Å²) in [5, 5.41) is 17.2. The number of hydrogen-bond acceptors (Lipinski definition) is 6. The first-order valence-electron chi connectivity index (χ1n) is 11.1. The molecule has 178 valence electrons. The van der Waals surface area contributed by atoms with Crippen LogP contribution >= 0.6 is 11.6 Å². The van der Waals surface area contributed by atoms with E-state index in [1.165, 1.54) is 18.2 Å². The summed E-state index contributed by atoms with van der Waals surface area (Å²) in [5.41, 5.74) is 0.954. The van der Waals surface area contributed by atoms with Crippen molar-refractivity contribution >= 4 is 45.0 Å². The summed E-state index contributed by atoms with van der Waals surface area (Å²) < 4.78 is 6.28. The van der Waals surface area contributed by atoms with Crippen LogP contribution < -0.4 is 10.1 Å². The molecule has 2 aliphatic rings. The van der Waals surface area contributed by atoms with Gasteiger partial charge in [0.25, 0.3) is 5.91 Å². The van der Waals surface area contributed by atoms with Gasteiger partial charge in [-0.1, -0.05) is 17.7 Å². The van der Waals surface area contributed by atoms with Gasteiger partial charge in [0.2, 0.25) is 11.8 Å². The summed E-state index contributed by atoms with van der Waals surface area (Å²) in [6.07, 6.45) is 1.95. The third-order valence-corrected chi connectivity index (χ3v) is 6.69. The van der Waals surface area contributed by atoms with Crippen LogP contribution in [0.2, 0.25) is 5.02 Å².